The van der Waals surface area contributed by atoms with Crippen LogP contribution in [-0.2, 0) is 0 Å². The summed E-state index contributed by atoms with van der Waals surface area (Å²) in [5.41, 5.74) is 14.4. The van der Waals surface area contributed by atoms with Crippen molar-refractivity contribution in [3.8, 4) is 90.1 Å². The molecule has 0 amide bonds. The Balaban J connectivity index is 1.04. The molecule has 5 aromatic carbocycles. The zero-order valence-corrected chi connectivity index (χ0v) is 29.3. The number of aromatic nitrogens is 5. The third-order valence-electron chi connectivity index (χ3n) is 9.43. The van der Waals surface area contributed by atoms with Gasteiger partial charge in [0.25, 0.3) is 0 Å². The smallest absolute Gasteiger partial charge is 0.160 e. The van der Waals surface area contributed by atoms with Crippen molar-refractivity contribution in [2.24, 2.45) is 0 Å². The van der Waals surface area contributed by atoms with Gasteiger partial charge >= 0.3 is 0 Å². The Labute approximate surface area is 314 Å². The topological polar surface area (TPSA) is 64.5 Å². The summed E-state index contributed by atoms with van der Waals surface area (Å²) in [6.07, 6.45) is 3.76. The third-order valence-corrected chi connectivity index (χ3v) is 9.43. The first-order valence-electron chi connectivity index (χ1n) is 17.9. The van der Waals surface area contributed by atoms with Crippen LogP contribution in [0.2, 0.25) is 0 Å². The lowest BCUT2D eigenvalue weighted by atomic mass is 10.0. The second-order valence-electron chi connectivity index (χ2n) is 13.0. The summed E-state index contributed by atoms with van der Waals surface area (Å²) in [6, 6.07) is 64.1. The highest BCUT2D eigenvalue weighted by molar-refractivity contribution is 5.78. The van der Waals surface area contributed by atoms with Gasteiger partial charge in [0.2, 0.25) is 0 Å². The maximum Gasteiger partial charge on any atom is 0.160 e. The summed E-state index contributed by atoms with van der Waals surface area (Å²) in [4.78, 5) is 24.7. The van der Waals surface area contributed by atoms with E-state index < -0.39 is 0 Å². The molecule has 0 bridgehead atoms. The molecule has 0 aliphatic rings. The molecule has 0 atom stereocenters. The van der Waals surface area contributed by atoms with Crippen LogP contribution in [0.4, 0.5) is 0 Å². The van der Waals surface area contributed by atoms with Gasteiger partial charge in [-0.15, -0.1) is 0 Å². The number of hydrogen-bond acceptors (Lipinski definition) is 5. The summed E-state index contributed by atoms with van der Waals surface area (Å²) in [5.74, 6) is 0.680. The fourth-order valence-electron chi connectivity index (χ4n) is 6.59. The third kappa shape index (κ3) is 6.94. The molecule has 0 radical (unpaired) electrons. The molecular weight excluding hydrogens is 659 g/mol. The molecule has 0 saturated carbocycles. The molecule has 0 aliphatic heterocycles. The first-order chi connectivity index (χ1) is 26.7. The van der Waals surface area contributed by atoms with Crippen molar-refractivity contribution in [3.05, 3.63) is 200 Å². The predicted octanol–water partition coefficient (Wildman–Crippen LogP) is 12.0. The standard InChI is InChI=1S/C49H33N5/c1-5-13-34(14-6-1)40-27-28-50-46(29-40)48-31-42(35-15-7-2-8-16-35)30-47(52-48)43-26-25-41(33-51-43)36-21-23-39(24-22-36)49-53-44(37-17-9-3-10-18-37)32-45(54-49)38-19-11-4-12-20-38/h1-33H. The molecule has 254 valence electrons. The molecule has 4 aromatic heterocycles. The van der Waals surface area contributed by atoms with E-state index in [1.807, 2.05) is 85.2 Å². The Morgan fingerprint density at radius 1 is 0.241 bits per heavy atom. The molecule has 0 N–H and O–H groups in total. The predicted molar refractivity (Wildman–Crippen MR) is 219 cm³/mol. The zero-order valence-electron chi connectivity index (χ0n) is 29.3. The van der Waals surface area contributed by atoms with Crippen LogP contribution in [0.5, 0.6) is 0 Å². The zero-order chi connectivity index (χ0) is 36.1. The second kappa shape index (κ2) is 14.7. The van der Waals surface area contributed by atoms with E-state index in [0.29, 0.717) is 5.82 Å². The lowest BCUT2D eigenvalue weighted by Crippen LogP contribution is -1.96. The first kappa shape index (κ1) is 32.5. The molecule has 4 heterocycles. The van der Waals surface area contributed by atoms with E-state index in [4.69, 9.17) is 24.9 Å². The average Bonchev–Trinajstić information content (AvgIpc) is 3.27. The van der Waals surface area contributed by atoms with Crippen LogP contribution < -0.4 is 0 Å². The summed E-state index contributed by atoms with van der Waals surface area (Å²) in [7, 11) is 0. The van der Waals surface area contributed by atoms with Gasteiger partial charge in [-0.25, -0.2) is 15.0 Å². The highest BCUT2D eigenvalue weighted by Crippen LogP contribution is 2.33. The van der Waals surface area contributed by atoms with Crippen molar-refractivity contribution < 1.29 is 0 Å². The van der Waals surface area contributed by atoms with Crippen LogP contribution in [0.15, 0.2) is 200 Å². The van der Waals surface area contributed by atoms with Crippen molar-refractivity contribution in [2.75, 3.05) is 0 Å². The number of nitrogens with zero attached hydrogens (tertiary/aromatic N) is 5. The number of rotatable bonds is 8. The number of pyridine rings is 3. The van der Waals surface area contributed by atoms with Crippen LogP contribution in [0.25, 0.3) is 90.1 Å². The maximum atomic E-state index is 5.10. The van der Waals surface area contributed by atoms with Gasteiger partial charge in [-0.3, -0.25) is 9.97 Å². The van der Waals surface area contributed by atoms with E-state index in [2.05, 4.69) is 115 Å². The summed E-state index contributed by atoms with van der Waals surface area (Å²) < 4.78 is 0. The molecule has 5 heteroatoms. The van der Waals surface area contributed by atoms with E-state index in [9.17, 15) is 0 Å². The minimum atomic E-state index is 0.680. The summed E-state index contributed by atoms with van der Waals surface area (Å²) in [6.45, 7) is 0. The van der Waals surface area contributed by atoms with Crippen molar-refractivity contribution in [3.63, 3.8) is 0 Å². The summed E-state index contributed by atoms with van der Waals surface area (Å²) >= 11 is 0. The van der Waals surface area contributed by atoms with Crippen LogP contribution >= 0.6 is 0 Å². The van der Waals surface area contributed by atoms with Gasteiger partial charge in [0.15, 0.2) is 5.82 Å². The number of benzene rings is 5. The normalized spacial score (nSPS) is 11.0. The van der Waals surface area contributed by atoms with Gasteiger partial charge in [-0.05, 0) is 64.2 Å². The highest BCUT2D eigenvalue weighted by Gasteiger charge is 2.14. The molecule has 0 saturated heterocycles. The van der Waals surface area contributed by atoms with E-state index in [-0.39, 0.29) is 0 Å². The molecule has 0 unspecified atom stereocenters. The van der Waals surface area contributed by atoms with Crippen LogP contribution in [0, 0.1) is 0 Å². The highest BCUT2D eigenvalue weighted by atomic mass is 14.9. The maximum absolute atomic E-state index is 5.10. The molecule has 9 aromatic rings. The lowest BCUT2D eigenvalue weighted by molar-refractivity contribution is 1.18. The van der Waals surface area contributed by atoms with Crippen molar-refractivity contribution >= 4 is 0 Å². The molecular formula is C49H33N5. The van der Waals surface area contributed by atoms with Crippen molar-refractivity contribution in [2.45, 2.75) is 0 Å². The van der Waals surface area contributed by atoms with Gasteiger partial charge in [-0.1, -0.05) is 152 Å². The van der Waals surface area contributed by atoms with Gasteiger partial charge in [-0.2, -0.15) is 0 Å². The van der Waals surface area contributed by atoms with Crippen LogP contribution in [0.1, 0.15) is 0 Å². The van der Waals surface area contributed by atoms with Gasteiger partial charge in [0.05, 0.1) is 34.2 Å². The average molecular weight is 692 g/mol. The van der Waals surface area contributed by atoms with E-state index in [1.54, 1.807) is 0 Å². The van der Waals surface area contributed by atoms with Gasteiger partial charge in [0.1, 0.15) is 0 Å². The molecule has 0 aliphatic carbocycles. The number of hydrogen-bond donors (Lipinski definition) is 0. The minimum Gasteiger partial charge on any atom is -0.255 e. The first-order valence-corrected chi connectivity index (χ1v) is 17.9. The van der Waals surface area contributed by atoms with Gasteiger partial charge < -0.3 is 0 Å². The van der Waals surface area contributed by atoms with E-state index >= 15 is 0 Å². The molecule has 0 fully saturated rings. The Bertz CT molecular complexity index is 2610. The Morgan fingerprint density at radius 3 is 1.26 bits per heavy atom. The second-order valence-corrected chi connectivity index (χ2v) is 13.0. The monoisotopic (exact) mass is 691 g/mol. The molecule has 9 rings (SSSR count). The van der Waals surface area contributed by atoms with E-state index in [1.165, 1.54) is 0 Å². The minimum absolute atomic E-state index is 0.680. The summed E-state index contributed by atoms with van der Waals surface area (Å²) in [5, 5.41) is 0. The Hall–Kier alpha value is -7.37. The molecule has 54 heavy (non-hydrogen) atoms. The van der Waals surface area contributed by atoms with E-state index in [0.717, 1.165) is 84.2 Å². The SMILES string of the molecule is c1ccc(-c2ccnc(-c3cc(-c4ccccc4)cc(-c4ccc(-c5ccc(-c6nc(-c7ccccc7)cc(-c7ccccc7)n6)cc5)cn4)n3)c2)cc1. The molecule has 0 spiro atoms. The van der Waals surface area contributed by atoms with Gasteiger partial charge in [0, 0.05) is 34.6 Å². The fourth-order valence-corrected chi connectivity index (χ4v) is 6.59. The lowest BCUT2D eigenvalue weighted by Gasteiger charge is -2.11. The Morgan fingerprint density at radius 2 is 0.704 bits per heavy atom. The van der Waals surface area contributed by atoms with Crippen LogP contribution in [-0.4, -0.2) is 24.9 Å². The van der Waals surface area contributed by atoms with Crippen LogP contribution in [0.3, 0.4) is 0 Å². The quantitative estimate of drug-likeness (QED) is 0.159. The molecule has 5 nitrogen and oxygen atoms in total. The Kier molecular flexibility index (Phi) is 8.86. The van der Waals surface area contributed by atoms with Crippen molar-refractivity contribution in [1.29, 1.82) is 0 Å². The largest absolute Gasteiger partial charge is 0.255 e. The fraction of sp³-hybridized carbons (Fsp3) is 0. The van der Waals surface area contributed by atoms with Crippen molar-refractivity contribution in [1.82, 2.24) is 24.9 Å².